The summed E-state index contributed by atoms with van der Waals surface area (Å²) < 4.78 is 10.1. The Balaban J connectivity index is 3.57. The van der Waals surface area contributed by atoms with E-state index in [1.807, 2.05) is 0 Å². The van der Waals surface area contributed by atoms with Gasteiger partial charge >= 0.3 is 11.9 Å². The summed E-state index contributed by atoms with van der Waals surface area (Å²) in [5.41, 5.74) is 0. The molecule has 0 aliphatic heterocycles. The fraction of sp³-hybridized carbons (Fsp3) is 0.667. The van der Waals surface area contributed by atoms with Crippen LogP contribution in [0.4, 0.5) is 0 Å². The van der Waals surface area contributed by atoms with Gasteiger partial charge in [0, 0.05) is 12.2 Å². The van der Waals surface area contributed by atoms with E-state index in [1.165, 1.54) is 38.5 Å². The molecule has 0 amide bonds. The van der Waals surface area contributed by atoms with Crippen molar-refractivity contribution in [3.8, 4) is 0 Å². The minimum Gasteiger partial charge on any atom is -0.463 e. The summed E-state index contributed by atoms with van der Waals surface area (Å²) in [6.45, 7) is 5.12. The Bertz CT molecular complexity index is 421. The molecule has 0 saturated carbocycles. The molecule has 0 aromatic rings. The molecule has 0 atom stereocenters. The van der Waals surface area contributed by atoms with Gasteiger partial charge in [-0.05, 0) is 51.4 Å². The van der Waals surface area contributed by atoms with Crippen LogP contribution in [-0.2, 0) is 19.1 Å². The van der Waals surface area contributed by atoms with Gasteiger partial charge < -0.3 is 9.47 Å². The topological polar surface area (TPSA) is 52.6 Å². The summed E-state index contributed by atoms with van der Waals surface area (Å²) >= 11 is 0. The van der Waals surface area contributed by atoms with Crippen molar-refractivity contribution in [1.82, 2.24) is 0 Å². The highest BCUT2D eigenvalue weighted by molar-refractivity contribution is 5.91. The second-order valence-electron chi connectivity index (χ2n) is 6.89. The first-order valence-electron chi connectivity index (χ1n) is 11.0. The van der Waals surface area contributed by atoms with Gasteiger partial charge in [0.2, 0.25) is 0 Å². The lowest BCUT2D eigenvalue weighted by Gasteiger charge is -2.01. The van der Waals surface area contributed by atoms with E-state index in [2.05, 4.69) is 38.2 Å². The van der Waals surface area contributed by atoms with Gasteiger partial charge in [-0.15, -0.1) is 0 Å². The van der Waals surface area contributed by atoms with Gasteiger partial charge in [0.25, 0.3) is 0 Å². The van der Waals surface area contributed by atoms with Crippen LogP contribution >= 0.6 is 0 Å². The van der Waals surface area contributed by atoms with Crippen LogP contribution in [0.25, 0.3) is 0 Å². The highest BCUT2D eigenvalue weighted by Gasteiger charge is 2.00. The maximum absolute atomic E-state index is 11.5. The third kappa shape index (κ3) is 20.5. The SMILES string of the molecule is CCCCC/C=C/CCCOC(=O)/C=C/C(=O)OCCC/C=C/CCCCC. The Morgan fingerprint density at radius 1 is 0.571 bits per heavy atom. The minimum absolute atomic E-state index is 0.363. The lowest BCUT2D eigenvalue weighted by molar-refractivity contribution is -0.140. The van der Waals surface area contributed by atoms with Crippen LogP contribution in [0, 0.1) is 0 Å². The van der Waals surface area contributed by atoms with Crippen molar-refractivity contribution in [2.45, 2.75) is 90.9 Å². The van der Waals surface area contributed by atoms with E-state index >= 15 is 0 Å². The molecule has 0 heterocycles. The number of esters is 2. The zero-order valence-corrected chi connectivity index (χ0v) is 18.0. The van der Waals surface area contributed by atoms with Crippen molar-refractivity contribution in [2.75, 3.05) is 13.2 Å². The predicted octanol–water partition coefficient (Wildman–Crippen LogP) is 6.46. The molecule has 0 bridgehead atoms. The third-order valence-electron chi connectivity index (χ3n) is 4.16. The second-order valence-corrected chi connectivity index (χ2v) is 6.89. The van der Waals surface area contributed by atoms with Gasteiger partial charge in [-0.1, -0.05) is 63.8 Å². The van der Waals surface area contributed by atoms with Crippen LogP contribution in [0.1, 0.15) is 90.9 Å². The van der Waals surface area contributed by atoms with E-state index in [1.54, 1.807) is 0 Å². The molecule has 4 nitrogen and oxygen atoms in total. The fourth-order valence-corrected chi connectivity index (χ4v) is 2.48. The zero-order chi connectivity index (χ0) is 20.7. The molecule has 0 aromatic carbocycles. The van der Waals surface area contributed by atoms with Crippen LogP contribution in [0.15, 0.2) is 36.5 Å². The van der Waals surface area contributed by atoms with E-state index < -0.39 is 11.9 Å². The van der Waals surface area contributed by atoms with Crippen LogP contribution in [-0.4, -0.2) is 25.2 Å². The van der Waals surface area contributed by atoms with Crippen molar-refractivity contribution >= 4 is 11.9 Å². The molecule has 0 aliphatic rings. The highest BCUT2D eigenvalue weighted by atomic mass is 16.5. The van der Waals surface area contributed by atoms with Crippen molar-refractivity contribution in [2.24, 2.45) is 0 Å². The van der Waals surface area contributed by atoms with Crippen LogP contribution < -0.4 is 0 Å². The minimum atomic E-state index is -0.501. The molecule has 0 radical (unpaired) electrons. The molecule has 0 N–H and O–H groups in total. The number of carbonyl (C=O) groups excluding carboxylic acids is 2. The van der Waals surface area contributed by atoms with E-state index in [0.717, 1.165) is 50.7 Å². The highest BCUT2D eigenvalue weighted by Crippen LogP contribution is 2.02. The number of allylic oxidation sites excluding steroid dienone is 4. The van der Waals surface area contributed by atoms with Gasteiger partial charge in [-0.25, -0.2) is 9.59 Å². The van der Waals surface area contributed by atoms with Crippen LogP contribution in [0.3, 0.4) is 0 Å². The average molecular weight is 393 g/mol. The summed E-state index contributed by atoms with van der Waals surface area (Å²) in [7, 11) is 0. The maximum Gasteiger partial charge on any atom is 0.331 e. The fourth-order valence-electron chi connectivity index (χ4n) is 2.48. The molecule has 28 heavy (non-hydrogen) atoms. The van der Waals surface area contributed by atoms with Crippen molar-refractivity contribution in [1.29, 1.82) is 0 Å². The van der Waals surface area contributed by atoms with Gasteiger partial charge in [-0.2, -0.15) is 0 Å². The summed E-state index contributed by atoms with van der Waals surface area (Å²) in [6, 6.07) is 0. The molecule has 0 saturated heterocycles. The average Bonchev–Trinajstić information content (AvgIpc) is 2.69. The molecule has 0 spiro atoms. The molecule has 0 fully saturated rings. The van der Waals surface area contributed by atoms with Crippen molar-refractivity contribution < 1.29 is 19.1 Å². The van der Waals surface area contributed by atoms with Crippen molar-refractivity contribution in [3.05, 3.63) is 36.5 Å². The zero-order valence-electron chi connectivity index (χ0n) is 18.0. The van der Waals surface area contributed by atoms with Crippen molar-refractivity contribution in [3.63, 3.8) is 0 Å². The van der Waals surface area contributed by atoms with Crippen LogP contribution in [0.2, 0.25) is 0 Å². The smallest absolute Gasteiger partial charge is 0.331 e. The lowest BCUT2D eigenvalue weighted by atomic mass is 10.2. The largest absolute Gasteiger partial charge is 0.463 e. The Kier molecular flexibility index (Phi) is 20.0. The lowest BCUT2D eigenvalue weighted by Crippen LogP contribution is -2.06. The molecule has 0 rings (SSSR count). The second kappa shape index (κ2) is 21.5. The molecular weight excluding hydrogens is 352 g/mol. The number of rotatable bonds is 18. The summed E-state index contributed by atoms with van der Waals surface area (Å²) in [5.74, 6) is -1.00. The third-order valence-corrected chi connectivity index (χ3v) is 4.16. The molecule has 0 aromatic heterocycles. The van der Waals surface area contributed by atoms with Gasteiger partial charge in [-0.3, -0.25) is 0 Å². The number of hydrogen-bond acceptors (Lipinski definition) is 4. The molecular formula is C24H40O4. The van der Waals surface area contributed by atoms with E-state index in [4.69, 9.17) is 9.47 Å². The number of ether oxygens (including phenoxy) is 2. The number of carbonyl (C=O) groups is 2. The van der Waals surface area contributed by atoms with Gasteiger partial charge in [0.05, 0.1) is 13.2 Å². The molecule has 0 aliphatic carbocycles. The monoisotopic (exact) mass is 392 g/mol. The quantitative estimate of drug-likeness (QED) is 0.116. The van der Waals surface area contributed by atoms with E-state index in [-0.39, 0.29) is 0 Å². The Labute approximate surface area is 172 Å². The Morgan fingerprint density at radius 3 is 1.29 bits per heavy atom. The van der Waals surface area contributed by atoms with E-state index in [9.17, 15) is 9.59 Å². The first-order chi connectivity index (χ1) is 13.7. The number of hydrogen-bond donors (Lipinski definition) is 0. The summed E-state index contributed by atoms with van der Waals surface area (Å²) in [4.78, 5) is 23.1. The molecule has 160 valence electrons. The predicted molar refractivity (Wildman–Crippen MR) is 116 cm³/mol. The van der Waals surface area contributed by atoms with Gasteiger partial charge in [0.15, 0.2) is 0 Å². The molecule has 4 heteroatoms. The molecule has 0 unspecified atom stereocenters. The maximum atomic E-state index is 11.5. The number of unbranched alkanes of at least 4 members (excludes halogenated alkanes) is 8. The Morgan fingerprint density at radius 2 is 0.929 bits per heavy atom. The Hall–Kier alpha value is -1.84. The first kappa shape index (κ1) is 26.2. The summed E-state index contributed by atoms with van der Waals surface area (Å²) in [5, 5.41) is 0. The first-order valence-corrected chi connectivity index (χ1v) is 11.0. The summed E-state index contributed by atoms with van der Waals surface area (Å²) in [6.07, 6.45) is 24.0. The van der Waals surface area contributed by atoms with Crippen LogP contribution in [0.5, 0.6) is 0 Å². The standard InChI is InChI=1S/C24H40O4/c1-3-5-7-9-11-13-15-17-21-27-23(25)19-20-24(26)28-22-18-16-14-12-10-8-6-4-2/h11-14,19-20H,3-10,15-18,21-22H2,1-2H3/b13-11+,14-12+,20-19+. The van der Waals surface area contributed by atoms with E-state index in [0.29, 0.717) is 13.2 Å². The normalized spacial score (nSPS) is 11.6. The van der Waals surface area contributed by atoms with Gasteiger partial charge in [0.1, 0.15) is 0 Å².